The number of nitrogens with one attached hydrogen (secondary N) is 2. The number of alkyl halides is 6. The first-order valence-corrected chi connectivity index (χ1v) is 10.3. The number of carbonyl (C=O) groups is 1. The molecule has 4 rings (SSSR count). The number of amides is 2. The number of halogens is 6. The molecule has 1 unspecified atom stereocenters. The predicted molar refractivity (Wildman–Crippen MR) is 115 cm³/mol. The third-order valence-corrected chi connectivity index (χ3v) is 5.14. The van der Waals surface area contributed by atoms with E-state index in [1.165, 1.54) is 54.7 Å². The summed E-state index contributed by atoms with van der Waals surface area (Å²) in [6.07, 6.45) is -8.33. The molecule has 0 spiro atoms. The van der Waals surface area contributed by atoms with Gasteiger partial charge in [-0.15, -0.1) is 13.2 Å². The molecule has 2 amide bonds. The minimum atomic E-state index is -4.85. The van der Waals surface area contributed by atoms with Gasteiger partial charge >= 0.3 is 18.6 Å². The van der Waals surface area contributed by atoms with Gasteiger partial charge in [-0.25, -0.2) is 9.78 Å². The number of ether oxygens (including phenoxy) is 3. The van der Waals surface area contributed by atoms with E-state index in [4.69, 9.17) is 9.47 Å². The van der Waals surface area contributed by atoms with Crippen LogP contribution in [0.3, 0.4) is 0 Å². The summed E-state index contributed by atoms with van der Waals surface area (Å²) in [6.45, 7) is -0.0217. The van der Waals surface area contributed by atoms with Gasteiger partial charge in [-0.2, -0.15) is 13.2 Å². The van der Waals surface area contributed by atoms with Crippen LogP contribution in [0.25, 0.3) is 0 Å². The van der Waals surface area contributed by atoms with Crippen molar-refractivity contribution in [3.05, 3.63) is 72.4 Å². The molecule has 36 heavy (non-hydrogen) atoms. The van der Waals surface area contributed by atoms with Crippen molar-refractivity contribution in [2.45, 2.75) is 24.6 Å². The molecule has 1 aromatic heterocycles. The average molecular weight is 513 g/mol. The Kier molecular flexibility index (Phi) is 6.67. The normalized spacial score (nSPS) is 17.6. The van der Waals surface area contributed by atoms with Crippen molar-refractivity contribution < 1.29 is 45.3 Å². The Bertz CT molecular complexity index is 1230. The van der Waals surface area contributed by atoms with Gasteiger partial charge in [-0.05, 0) is 54.1 Å². The molecule has 1 atom stereocenters. The lowest BCUT2D eigenvalue weighted by Gasteiger charge is -2.43. The van der Waals surface area contributed by atoms with Crippen LogP contribution in [-0.4, -0.2) is 30.2 Å². The van der Waals surface area contributed by atoms with E-state index >= 15 is 0 Å². The summed E-state index contributed by atoms with van der Waals surface area (Å²) in [5.74, 6) is -0.526. The van der Waals surface area contributed by atoms with Gasteiger partial charge in [0.2, 0.25) is 5.88 Å². The molecule has 2 heterocycles. The van der Waals surface area contributed by atoms with Crippen molar-refractivity contribution in [2.75, 3.05) is 17.2 Å². The van der Waals surface area contributed by atoms with Gasteiger partial charge in [0.15, 0.2) is 5.60 Å². The molecule has 3 aromatic rings. The number of anilines is 2. The second-order valence-electron chi connectivity index (χ2n) is 7.56. The maximum absolute atomic E-state index is 13.6. The number of pyridine rings is 1. The number of hydrogen-bond donors (Lipinski definition) is 2. The van der Waals surface area contributed by atoms with E-state index in [-0.39, 0.29) is 41.6 Å². The number of urea groups is 1. The highest BCUT2D eigenvalue weighted by Crippen LogP contribution is 2.50. The van der Waals surface area contributed by atoms with Crippen molar-refractivity contribution in [2.24, 2.45) is 0 Å². The van der Waals surface area contributed by atoms with Crippen LogP contribution in [0.15, 0.2) is 66.9 Å². The Labute approximate surface area is 200 Å². The van der Waals surface area contributed by atoms with Crippen molar-refractivity contribution in [3.63, 3.8) is 0 Å². The fourth-order valence-corrected chi connectivity index (χ4v) is 3.44. The molecule has 0 radical (unpaired) electrons. The molecule has 0 aliphatic carbocycles. The zero-order valence-corrected chi connectivity index (χ0v) is 18.1. The summed E-state index contributed by atoms with van der Waals surface area (Å²) in [4.78, 5) is 16.4. The van der Waals surface area contributed by atoms with Gasteiger partial charge < -0.3 is 24.8 Å². The minimum absolute atomic E-state index is 0.0217. The SMILES string of the molecule is O=C(Nc1ccc(OC(F)(F)F)cc1)Nc1cccnc1Oc1cccc(C2(C(F)(F)F)CCO2)c1. The maximum Gasteiger partial charge on any atom is 0.573 e. The standard InChI is InChI=1S/C23H17F6N3O4/c24-22(25,26)21(10-12-34-21)14-3-1-4-17(13-14)35-19-18(5-2-11-30-19)32-20(33)31-15-6-8-16(9-7-15)36-23(27,28)29/h1-9,11,13H,10,12H2,(H2,31,32,33). The molecule has 2 N–H and O–H groups in total. The summed E-state index contributed by atoms with van der Waals surface area (Å²) in [5, 5.41) is 4.89. The summed E-state index contributed by atoms with van der Waals surface area (Å²) in [5.41, 5.74) is -2.28. The molecular formula is C23H17F6N3O4. The highest BCUT2D eigenvalue weighted by atomic mass is 19.4. The van der Waals surface area contributed by atoms with Gasteiger partial charge in [0.05, 0.1) is 6.61 Å². The molecule has 190 valence electrons. The topological polar surface area (TPSA) is 81.7 Å². The Morgan fingerprint density at radius 1 is 0.944 bits per heavy atom. The van der Waals surface area contributed by atoms with E-state index < -0.39 is 29.9 Å². The molecule has 1 aliphatic rings. The van der Waals surface area contributed by atoms with E-state index in [0.717, 1.165) is 12.1 Å². The molecular weight excluding hydrogens is 496 g/mol. The summed E-state index contributed by atoms with van der Waals surface area (Å²) >= 11 is 0. The first-order chi connectivity index (χ1) is 17.0. The molecule has 0 saturated carbocycles. The predicted octanol–water partition coefficient (Wildman–Crippen LogP) is 6.59. The fourth-order valence-electron chi connectivity index (χ4n) is 3.44. The van der Waals surface area contributed by atoms with Crippen molar-refractivity contribution in [1.29, 1.82) is 0 Å². The Morgan fingerprint density at radius 3 is 2.28 bits per heavy atom. The van der Waals surface area contributed by atoms with Gasteiger partial charge in [0, 0.05) is 18.3 Å². The smallest absolute Gasteiger partial charge is 0.437 e. The lowest BCUT2D eigenvalue weighted by Crippen LogP contribution is -2.52. The first kappa shape index (κ1) is 25.1. The molecule has 0 bridgehead atoms. The average Bonchev–Trinajstić information content (AvgIpc) is 2.74. The number of nitrogens with zero attached hydrogens (tertiary/aromatic N) is 1. The molecule has 2 aromatic carbocycles. The van der Waals surface area contributed by atoms with Crippen LogP contribution in [0.4, 0.5) is 42.5 Å². The van der Waals surface area contributed by atoms with E-state index in [0.29, 0.717) is 0 Å². The third-order valence-electron chi connectivity index (χ3n) is 5.14. The summed E-state index contributed by atoms with van der Waals surface area (Å²) in [7, 11) is 0. The highest BCUT2D eigenvalue weighted by Gasteiger charge is 2.61. The van der Waals surface area contributed by atoms with Gasteiger partial charge in [-0.1, -0.05) is 12.1 Å². The van der Waals surface area contributed by atoms with E-state index in [2.05, 4.69) is 20.4 Å². The molecule has 1 fully saturated rings. The molecule has 1 saturated heterocycles. The van der Waals surface area contributed by atoms with Gasteiger partial charge in [0.25, 0.3) is 0 Å². The van der Waals surface area contributed by atoms with Crippen LogP contribution >= 0.6 is 0 Å². The zero-order chi connectivity index (χ0) is 26.0. The number of aromatic nitrogens is 1. The number of hydrogen-bond acceptors (Lipinski definition) is 5. The monoisotopic (exact) mass is 513 g/mol. The van der Waals surface area contributed by atoms with Crippen LogP contribution in [0, 0.1) is 0 Å². The van der Waals surface area contributed by atoms with Crippen LogP contribution < -0.4 is 20.1 Å². The fraction of sp³-hybridized carbons (Fsp3) is 0.217. The van der Waals surface area contributed by atoms with Crippen LogP contribution in [0.5, 0.6) is 17.4 Å². The van der Waals surface area contributed by atoms with E-state index in [9.17, 15) is 31.1 Å². The second-order valence-corrected chi connectivity index (χ2v) is 7.56. The minimum Gasteiger partial charge on any atom is -0.437 e. The Balaban J connectivity index is 1.45. The number of rotatable bonds is 6. The van der Waals surface area contributed by atoms with Crippen LogP contribution in [-0.2, 0) is 10.3 Å². The van der Waals surface area contributed by atoms with Crippen LogP contribution in [0.1, 0.15) is 12.0 Å². The largest absolute Gasteiger partial charge is 0.573 e. The maximum atomic E-state index is 13.6. The Hall–Kier alpha value is -4.00. The third kappa shape index (κ3) is 5.62. The van der Waals surface area contributed by atoms with E-state index in [1.807, 2.05) is 0 Å². The first-order valence-electron chi connectivity index (χ1n) is 10.3. The van der Waals surface area contributed by atoms with Gasteiger partial charge in [0.1, 0.15) is 17.2 Å². The summed E-state index contributed by atoms with van der Waals surface area (Å²) < 4.78 is 91.9. The van der Waals surface area contributed by atoms with Crippen molar-refractivity contribution in [1.82, 2.24) is 4.98 Å². The number of carbonyl (C=O) groups excluding carboxylic acids is 1. The van der Waals surface area contributed by atoms with Gasteiger partial charge in [-0.3, -0.25) is 0 Å². The second kappa shape index (κ2) is 9.57. The molecule has 1 aliphatic heterocycles. The quantitative estimate of drug-likeness (QED) is 0.363. The molecule has 13 heteroatoms. The van der Waals surface area contributed by atoms with Crippen molar-refractivity contribution in [3.8, 4) is 17.4 Å². The number of benzene rings is 2. The lowest BCUT2D eigenvalue weighted by atomic mass is 9.85. The van der Waals surface area contributed by atoms with Crippen molar-refractivity contribution >= 4 is 17.4 Å². The molecule has 7 nitrogen and oxygen atoms in total. The lowest BCUT2D eigenvalue weighted by molar-refractivity contribution is -0.333. The van der Waals surface area contributed by atoms with Crippen LogP contribution in [0.2, 0.25) is 0 Å². The Morgan fingerprint density at radius 2 is 1.67 bits per heavy atom. The van der Waals surface area contributed by atoms with E-state index in [1.54, 1.807) is 0 Å². The zero-order valence-electron chi connectivity index (χ0n) is 18.1. The summed E-state index contributed by atoms with van der Waals surface area (Å²) in [6, 6.07) is 11.9. The highest BCUT2D eigenvalue weighted by molar-refractivity contribution is 6.00.